The maximum Gasteiger partial charge on any atom is 0.338 e. The number of furan rings is 1. The molecule has 6 heteroatoms. The van der Waals surface area contributed by atoms with Crippen LogP contribution in [-0.4, -0.2) is 17.0 Å². The number of carboxylic acids is 1. The van der Waals surface area contributed by atoms with E-state index in [1.165, 1.54) is 35.8 Å². The molecule has 0 aliphatic carbocycles. The average Bonchev–Trinajstić information content (AvgIpc) is 2.96. The first kappa shape index (κ1) is 13.1. The SMILES string of the molecule is Cc1cc(C(=O)O)c(NC(=O)C=Cc2ccco2)s1. The summed E-state index contributed by atoms with van der Waals surface area (Å²) in [6.07, 6.45) is 4.30. The van der Waals surface area contributed by atoms with Gasteiger partial charge in [-0.05, 0) is 31.2 Å². The van der Waals surface area contributed by atoms with Gasteiger partial charge < -0.3 is 14.8 Å². The van der Waals surface area contributed by atoms with Crippen molar-refractivity contribution in [2.45, 2.75) is 6.92 Å². The lowest BCUT2D eigenvalue weighted by Crippen LogP contribution is -2.09. The zero-order valence-electron chi connectivity index (χ0n) is 10.0. The zero-order chi connectivity index (χ0) is 13.8. The van der Waals surface area contributed by atoms with Crippen LogP contribution >= 0.6 is 11.3 Å². The minimum Gasteiger partial charge on any atom is -0.478 e. The molecule has 98 valence electrons. The molecular formula is C13H11NO4S. The van der Waals surface area contributed by atoms with Crippen LogP contribution in [0.25, 0.3) is 6.08 Å². The van der Waals surface area contributed by atoms with E-state index in [-0.39, 0.29) is 5.56 Å². The number of aryl methyl sites for hydroxylation is 1. The quantitative estimate of drug-likeness (QED) is 0.842. The standard InChI is InChI=1S/C13H11NO4S/c1-8-7-10(13(16)17)12(19-8)14-11(15)5-4-9-3-2-6-18-9/h2-7H,1H3,(H,14,15)(H,16,17). The number of amides is 1. The summed E-state index contributed by atoms with van der Waals surface area (Å²) in [5, 5.41) is 11.9. The number of carbonyl (C=O) groups excluding carboxylic acids is 1. The van der Waals surface area contributed by atoms with E-state index in [2.05, 4.69) is 5.32 Å². The third-order valence-corrected chi connectivity index (χ3v) is 3.23. The highest BCUT2D eigenvalue weighted by molar-refractivity contribution is 7.16. The number of aromatic carboxylic acids is 1. The largest absolute Gasteiger partial charge is 0.478 e. The Bertz CT molecular complexity index is 625. The Morgan fingerprint density at radius 2 is 2.26 bits per heavy atom. The predicted molar refractivity (Wildman–Crippen MR) is 72.4 cm³/mol. The summed E-state index contributed by atoms with van der Waals surface area (Å²) in [5.41, 5.74) is 0.0993. The third-order valence-electron chi connectivity index (χ3n) is 2.26. The molecular weight excluding hydrogens is 266 g/mol. The molecule has 0 aliphatic heterocycles. The van der Waals surface area contributed by atoms with Crippen molar-refractivity contribution in [1.82, 2.24) is 0 Å². The first-order chi connectivity index (χ1) is 9.06. The zero-order valence-corrected chi connectivity index (χ0v) is 10.9. The molecule has 0 aliphatic rings. The molecule has 0 bridgehead atoms. The Labute approximate surface area is 113 Å². The van der Waals surface area contributed by atoms with E-state index < -0.39 is 11.9 Å². The van der Waals surface area contributed by atoms with Crippen molar-refractivity contribution >= 4 is 34.3 Å². The fourth-order valence-electron chi connectivity index (χ4n) is 1.46. The molecule has 0 unspecified atom stereocenters. The number of carboxylic acid groups (broad SMARTS) is 1. The highest BCUT2D eigenvalue weighted by Crippen LogP contribution is 2.27. The molecule has 0 aromatic carbocycles. The number of hydrogen-bond acceptors (Lipinski definition) is 4. The van der Waals surface area contributed by atoms with Crippen molar-refractivity contribution in [2.75, 3.05) is 5.32 Å². The van der Waals surface area contributed by atoms with Crippen LogP contribution in [0, 0.1) is 6.92 Å². The lowest BCUT2D eigenvalue weighted by Gasteiger charge is -1.99. The highest BCUT2D eigenvalue weighted by Gasteiger charge is 2.14. The molecule has 2 heterocycles. The van der Waals surface area contributed by atoms with E-state index in [4.69, 9.17) is 9.52 Å². The van der Waals surface area contributed by atoms with Gasteiger partial charge in [-0.1, -0.05) is 0 Å². The summed E-state index contributed by atoms with van der Waals surface area (Å²) in [4.78, 5) is 23.5. The molecule has 5 nitrogen and oxygen atoms in total. The van der Waals surface area contributed by atoms with Gasteiger partial charge in [0.2, 0.25) is 5.91 Å². The first-order valence-corrected chi connectivity index (χ1v) is 6.24. The van der Waals surface area contributed by atoms with Gasteiger partial charge in [0, 0.05) is 11.0 Å². The van der Waals surface area contributed by atoms with Gasteiger partial charge in [0.1, 0.15) is 10.8 Å². The first-order valence-electron chi connectivity index (χ1n) is 5.42. The maximum absolute atomic E-state index is 11.7. The van der Waals surface area contributed by atoms with E-state index in [1.54, 1.807) is 19.1 Å². The second kappa shape index (κ2) is 5.53. The molecule has 0 spiro atoms. The van der Waals surface area contributed by atoms with E-state index in [9.17, 15) is 9.59 Å². The minimum absolute atomic E-state index is 0.0993. The van der Waals surface area contributed by atoms with Gasteiger partial charge in [-0.3, -0.25) is 4.79 Å². The van der Waals surface area contributed by atoms with Crippen LogP contribution in [-0.2, 0) is 4.79 Å². The Morgan fingerprint density at radius 3 is 2.89 bits per heavy atom. The van der Waals surface area contributed by atoms with Crippen molar-refractivity contribution in [3.8, 4) is 0 Å². The molecule has 0 fully saturated rings. The highest BCUT2D eigenvalue weighted by atomic mass is 32.1. The van der Waals surface area contributed by atoms with Crippen molar-refractivity contribution in [3.63, 3.8) is 0 Å². The smallest absolute Gasteiger partial charge is 0.338 e. The third kappa shape index (κ3) is 3.32. The summed E-state index contributed by atoms with van der Waals surface area (Å²) < 4.78 is 5.04. The van der Waals surface area contributed by atoms with Crippen LogP contribution in [0.1, 0.15) is 21.0 Å². The summed E-state index contributed by atoms with van der Waals surface area (Å²) >= 11 is 1.22. The summed E-state index contributed by atoms with van der Waals surface area (Å²) in [6.45, 7) is 1.78. The van der Waals surface area contributed by atoms with Gasteiger partial charge in [-0.25, -0.2) is 4.79 Å². The van der Waals surface area contributed by atoms with E-state index in [0.29, 0.717) is 10.8 Å². The minimum atomic E-state index is -1.06. The van der Waals surface area contributed by atoms with Crippen molar-refractivity contribution in [3.05, 3.63) is 46.7 Å². The summed E-state index contributed by atoms with van der Waals surface area (Å²) in [5.74, 6) is -0.911. The molecule has 19 heavy (non-hydrogen) atoms. The van der Waals surface area contributed by atoms with Gasteiger partial charge in [-0.2, -0.15) is 0 Å². The van der Waals surface area contributed by atoms with Gasteiger partial charge >= 0.3 is 5.97 Å². The van der Waals surface area contributed by atoms with Gasteiger partial charge in [0.15, 0.2) is 0 Å². The Morgan fingerprint density at radius 1 is 1.47 bits per heavy atom. The van der Waals surface area contributed by atoms with E-state index in [1.807, 2.05) is 0 Å². The number of hydrogen-bond donors (Lipinski definition) is 2. The van der Waals surface area contributed by atoms with Crippen LogP contribution in [0.4, 0.5) is 5.00 Å². The predicted octanol–water partition coefficient (Wildman–Crippen LogP) is 3.00. The number of anilines is 1. The van der Waals surface area contributed by atoms with Crippen LogP contribution < -0.4 is 5.32 Å². The Balaban J connectivity index is 2.09. The van der Waals surface area contributed by atoms with E-state index >= 15 is 0 Å². The van der Waals surface area contributed by atoms with Crippen LogP contribution in [0.2, 0.25) is 0 Å². The Kier molecular flexibility index (Phi) is 3.82. The van der Waals surface area contributed by atoms with Gasteiger partial charge in [-0.15, -0.1) is 11.3 Å². The molecule has 2 aromatic heterocycles. The molecule has 2 aromatic rings. The molecule has 0 saturated heterocycles. The molecule has 2 rings (SSSR count). The molecule has 1 amide bonds. The van der Waals surface area contributed by atoms with Gasteiger partial charge in [0.25, 0.3) is 0 Å². The summed E-state index contributed by atoms with van der Waals surface area (Å²) in [7, 11) is 0. The molecule has 0 atom stereocenters. The fraction of sp³-hybridized carbons (Fsp3) is 0.0769. The average molecular weight is 277 g/mol. The maximum atomic E-state index is 11.7. The Hall–Kier alpha value is -2.34. The van der Waals surface area contributed by atoms with E-state index in [0.717, 1.165) is 4.88 Å². The lowest BCUT2D eigenvalue weighted by atomic mass is 10.3. The topological polar surface area (TPSA) is 79.5 Å². The van der Waals surface area contributed by atoms with Gasteiger partial charge in [0.05, 0.1) is 11.8 Å². The molecule has 0 saturated carbocycles. The summed E-state index contributed by atoms with van der Waals surface area (Å²) in [6, 6.07) is 4.95. The van der Waals surface area contributed by atoms with Crippen LogP contribution in [0.3, 0.4) is 0 Å². The normalized spacial score (nSPS) is 10.8. The number of nitrogens with one attached hydrogen (secondary N) is 1. The molecule has 2 N–H and O–H groups in total. The monoisotopic (exact) mass is 277 g/mol. The number of thiophene rings is 1. The number of carbonyl (C=O) groups is 2. The van der Waals surface area contributed by atoms with Crippen molar-refractivity contribution in [1.29, 1.82) is 0 Å². The number of rotatable bonds is 4. The second-order valence-electron chi connectivity index (χ2n) is 3.74. The molecule has 0 radical (unpaired) electrons. The van der Waals surface area contributed by atoms with Crippen molar-refractivity contribution < 1.29 is 19.1 Å². The van der Waals surface area contributed by atoms with Crippen molar-refractivity contribution in [2.24, 2.45) is 0 Å². The second-order valence-corrected chi connectivity index (χ2v) is 5.00. The lowest BCUT2D eigenvalue weighted by molar-refractivity contribution is -0.111. The fourth-order valence-corrected chi connectivity index (χ4v) is 2.37. The van der Waals surface area contributed by atoms with Crippen LogP contribution in [0.15, 0.2) is 35.0 Å². The van der Waals surface area contributed by atoms with Crippen LogP contribution in [0.5, 0.6) is 0 Å².